The molecular formula is C16H36NaOP. The van der Waals surface area contributed by atoms with Crippen LogP contribution in [0.1, 0.15) is 79.1 Å². The van der Waals surface area contributed by atoms with E-state index >= 15 is 0 Å². The molecule has 3 heteroatoms. The zero-order valence-electron chi connectivity index (χ0n) is 13.1. The summed E-state index contributed by atoms with van der Waals surface area (Å²) in [6, 6.07) is 0. The van der Waals surface area contributed by atoms with Gasteiger partial charge in [-0.15, -0.1) is 0 Å². The molecule has 112 valence electrons. The normalized spacial score (nSPS) is 15.6. The van der Waals surface area contributed by atoms with E-state index in [-0.39, 0.29) is 29.6 Å². The van der Waals surface area contributed by atoms with Crippen LogP contribution in [-0.4, -0.2) is 41.9 Å². The first-order chi connectivity index (χ1) is 8.67. The third-order valence-corrected chi connectivity index (χ3v) is 6.18. The molecule has 1 nitrogen and oxygen atoms in total. The molecule has 0 fully saturated rings. The summed E-state index contributed by atoms with van der Waals surface area (Å²) in [6.45, 7) is 9.00. The van der Waals surface area contributed by atoms with Gasteiger partial charge in [0, 0.05) is 12.3 Å². The Bertz CT molecular complexity index is 189. The molecule has 0 N–H and O–H groups in total. The van der Waals surface area contributed by atoms with Gasteiger partial charge in [0.15, 0.2) is 0 Å². The van der Waals surface area contributed by atoms with Crippen molar-refractivity contribution in [1.82, 2.24) is 0 Å². The molecule has 0 aromatic heterocycles. The topological polar surface area (TPSA) is 17.1 Å². The fraction of sp³-hybridized carbons (Fsp3) is 1.00. The first kappa shape index (κ1) is 22.5. The Morgan fingerprint density at radius 2 is 1.16 bits per heavy atom. The summed E-state index contributed by atoms with van der Waals surface area (Å²) >= 11 is 0. The van der Waals surface area contributed by atoms with Crippen molar-refractivity contribution in [2.45, 2.75) is 79.1 Å². The van der Waals surface area contributed by atoms with Gasteiger partial charge in [-0.05, 0) is 11.8 Å². The summed E-state index contributed by atoms with van der Waals surface area (Å²) in [4.78, 5) is 0. The van der Waals surface area contributed by atoms with Crippen molar-refractivity contribution in [2.75, 3.05) is 12.3 Å². The van der Waals surface area contributed by atoms with Gasteiger partial charge in [0.25, 0.3) is 0 Å². The summed E-state index contributed by atoms with van der Waals surface area (Å²) in [7, 11) is -1.32. The molecule has 0 spiro atoms. The Morgan fingerprint density at radius 3 is 1.42 bits per heavy atom. The van der Waals surface area contributed by atoms with Gasteiger partial charge in [0.1, 0.15) is 0 Å². The number of rotatable bonds is 12. The minimum absolute atomic E-state index is 0. The fourth-order valence-electron chi connectivity index (χ4n) is 2.61. The van der Waals surface area contributed by atoms with Gasteiger partial charge in [0.05, 0.1) is 7.80 Å². The third-order valence-electron chi connectivity index (χ3n) is 4.12. The second-order valence-electron chi connectivity index (χ2n) is 5.78. The van der Waals surface area contributed by atoms with Gasteiger partial charge in [-0.1, -0.05) is 79.1 Å². The molecule has 0 aromatic carbocycles. The van der Waals surface area contributed by atoms with Crippen molar-refractivity contribution in [3.05, 3.63) is 0 Å². The van der Waals surface area contributed by atoms with Crippen LogP contribution in [0, 0.1) is 11.8 Å². The van der Waals surface area contributed by atoms with Gasteiger partial charge >= 0.3 is 29.6 Å². The van der Waals surface area contributed by atoms with Crippen molar-refractivity contribution in [1.29, 1.82) is 0 Å². The first-order valence-electron chi connectivity index (χ1n) is 8.19. The SMILES string of the molecule is CCCCC(CC)C[PH](=O)CC(CC)CCCC.[NaH]. The summed E-state index contributed by atoms with van der Waals surface area (Å²) < 4.78 is 12.3. The molecule has 0 saturated heterocycles. The second kappa shape index (κ2) is 15.6. The standard InChI is InChI=1S/C16H35OP.Na.H/c1-5-9-11-15(7-3)13-18(17)14-16(8-4)12-10-6-2;;/h15-16,18H,5-14H2,1-4H3;;. The van der Waals surface area contributed by atoms with E-state index in [9.17, 15) is 4.57 Å². The van der Waals surface area contributed by atoms with E-state index in [0.29, 0.717) is 0 Å². The van der Waals surface area contributed by atoms with Crippen LogP contribution in [-0.2, 0) is 4.57 Å². The summed E-state index contributed by atoms with van der Waals surface area (Å²) in [6.07, 6.45) is 12.2. The molecule has 0 aliphatic carbocycles. The van der Waals surface area contributed by atoms with Crippen molar-refractivity contribution >= 4 is 37.4 Å². The van der Waals surface area contributed by atoms with E-state index in [1.54, 1.807) is 0 Å². The van der Waals surface area contributed by atoms with Crippen LogP contribution < -0.4 is 0 Å². The zero-order valence-corrected chi connectivity index (χ0v) is 14.1. The average molecular weight is 298 g/mol. The van der Waals surface area contributed by atoms with Crippen LogP contribution in [0.2, 0.25) is 0 Å². The Balaban J connectivity index is 0. The Morgan fingerprint density at radius 1 is 0.789 bits per heavy atom. The van der Waals surface area contributed by atoms with Gasteiger partial charge in [-0.25, -0.2) is 0 Å². The third kappa shape index (κ3) is 12.7. The van der Waals surface area contributed by atoms with Crippen LogP contribution >= 0.6 is 7.80 Å². The van der Waals surface area contributed by atoms with Crippen LogP contribution in [0.5, 0.6) is 0 Å². The van der Waals surface area contributed by atoms with Gasteiger partial charge in [-0.3, -0.25) is 0 Å². The Labute approximate surface area is 144 Å². The Hall–Kier alpha value is 1.23. The van der Waals surface area contributed by atoms with Crippen molar-refractivity contribution < 1.29 is 4.57 Å². The van der Waals surface area contributed by atoms with Crippen molar-refractivity contribution in [3.8, 4) is 0 Å². The maximum absolute atomic E-state index is 12.3. The van der Waals surface area contributed by atoms with E-state index in [1.807, 2.05) is 0 Å². The molecule has 19 heavy (non-hydrogen) atoms. The van der Waals surface area contributed by atoms with Crippen LogP contribution in [0.25, 0.3) is 0 Å². The summed E-state index contributed by atoms with van der Waals surface area (Å²) in [5.41, 5.74) is 0. The predicted octanol–water partition coefficient (Wildman–Crippen LogP) is 5.33. The molecule has 0 aromatic rings. The monoisotopic (exact) mass is 298 g/mol. The van der Waals surface area contributed by atoms with E-state index < -0.39 is 7.80 Å². The van der Waals surface area contributed by atoms with Gasteiger partial charge in [-0.2, -0.15) is 0 Å². The van der Waals surface area contributed by atoms with Crippen LogP contribution in [0.4, 0.5) is 0 Å². The van der Waals surface area contributed by atoms with E-state index in [0.717, 1.165) is 24.2 Å². The molecule has 0 aliphatic rings. The molecule has 0 radical (unpaired) electrons. The summed E-state index contributed by atoms with van der Waals surface area (Å²) in [5, 5.41) is 0. The molecule has 0 aliphatic heterocycles. The first-order valence-corrected chi connectivity index (χ1v) is 10.0. The average Bonchev–Trinajstić information content (AvgIpc) is 2.39. The Kier molecular flexibility index (Phi) is 18.5. The molecule has 0 heterocycles. The molecule has 0 bridgehead atoms. The van der Waals surface area contributed by atoms with Gasteiger partial charge in [0.2, 0.25) is 0 Å². The molecule has 2 atom stereocenters. The van der Waals surface area contributed by atoms with Gasteiger partial charge < -0.3 is 4.57 Å². The fourth-order valence-corrected chi connectivity index (χ4v) is 5.05. The predicted molar refractivity (Wildman–Crippen MR) is 92.5 cm³/mol. The number of hydrogen-bond donors (Lipinski definition) is 0. The van der Waals surface area contributed by atoms with E-state index in [1.165, 1.54) is 51.4 Å². The van der Waals surface area contributed by atoms with Crippen LogP contribution in [0.15, 0.2) is 0 Å². The molecular weight excluding hydrogens is 262 g/mol. The minimum atomic E-state index is -1.32. The van der Waals surface area contributed by atoms with Crippen molar-refractivity contribution in [2.24, 2.45) is 11.8 Å². The molecule has 0 saturated carbocycles. The quantitative estimate of drug-likeness (QED) is 0.351. The van der Waals surface area contributed by atoms with E-state index in [4.69, 9.17) is 0 Å². The zero-order chi connectivity index (χ0) is 13.8. The van der Waals surface area contributed by atoms with Crippen molar-refractivity contribution in [3.63, 3.8) is 0 Å². The van der Waals surface area contributed by atoms with Crippen LogP contribution in [0.3, 0.4) is 0 Å². The number of hydrogen-bond acceptors (Lipinski definition) is 1. The molecule has 2 unspecified atom stereocenters. The second-order valence-corrected chi connectivity index (χ2v) is 7.67. The molecule has 0 amide bonds. The van der Waals surface area contributed by atoms with E-state index in [2.05, 4.69) is 27.7 Å². The number of unbranched alkanes of at least 4 members (excludes halogenated alkanes) is 2. The summed E-state index contributed by atoms with van der Waals surface area (Å²) in [5.74, 6) is 1.44. The maximum atomic E-state index is 12.3. The molecule has 0 rings (SSSR count).